The fraction of sp³-hybridized carbons (Fsp3) is 1.00. The van der Waals surface area contributed by atoms with Crippen molar-refractivity contribution in [3.8, 4) is 0 Å². The van der Waals surface area contributed by atoms with E-state index in [9.17, 15) is 5.11 Å². The Labute approximate surface area is 117 Å². The summed E-state index contributed by atoms with van der Waals surface area (Å²) in [6.45, 7) is 9.63. The molecule has 0 aliphatic rings. The van der Waals surface area contributed by atoms with Crippen molar-refractivity contribution in [3.05, 3.63) is 0 Å². The molecule has 0 aliphatic heterocycles. The SMILES string of the molecule is CCO[Si](CCCSCC(C)O)(OCC)OCC. The van der Waals surface area contributed by atoms with E-state index in [1.54, 1.807) is 11.8 Å². The first-order chi connectivity index (χ1) is 8.60. The topological polar surface area (TPSA) is 47.9 Å². The van der Waals surface area contributed by atoms with Gasteiger partial charge in [0, 0.05) is 31.6 Å². The summed E-state index contributed by atoms with van der Waals surface area (Å²) in [5.74, 6) is 1.79. The predicted octanol–water partition coefficient (Wildman–Crippen LogP) is 2.54. The minimum Gasteiger partial charge on any atom is -0.393 e. The minimum absolute atomic E-state index is 0.234. The number of hydrogen-bond donors (Lipinski definition) is 1. The second-order valence-electron chi connectivity index (χ2n) is 4.01. The van der Waals surface area contributed by atoms with Crippen LogP contribution in [0.4, 0.5) is 0 Å². The van der Waals surface area contributed by atoms with Gasteiger partial charge >= 0.3 is 8.80 Å². The molecule has 0 fully saturated rings. The molecule has 110 valence electrons. The maximum atomic E-state index is 9.18. The van der Waals surface area contributed by atoms with E-state index in [0.29, 0.717) is 19.8 Å². The minimum atomic E-state index is -2.45. The van der Waals surface area contributed by atoms with E-state index in [-0.39, 0.29) is 6.10 Å². The Balaban J connectivity index is 4.04. The van der Waals surface area contributed by atoms with Crippen molar-refractivity contribution in [2.75, 3.05) is 31.3 Å². The van der Waals surface area contributed by atoms with Gasteiger partial charge in [-0.2, -0.15) is 11.8 Å². The molecule has 0 rings (SSSR count). The highest BCUT2D eigenvalue weighted by molar-refractivity contribution is 7.99. The van der Waals surface area contributed by atoms with E-state index in [0.717, 1.165) is 24.0 Å². The summed E-state index contributed by atoms with van der Waals surface area (Å²) in [5.41, 5.74) is 0. The average molecular weight is 297 g/mol. The third-order valence-corrected chi connectivity index (χ3v) is 6.67. The van der Waals surface area contributed by atoms with Crippen molar-refractivity contribution in [1.82, 2.24) is 0 Å². The first-order valence-corrected chi connectivity index (χ1v) is 9.86. The Hall–Kier alpha value is 0.407. The maximum absolute atomic E-state index is 9.18. The second kappa shape index (κ2) is 11.3. The van der Waals surface area contributed by atoms with Gasteiger partial charge in [-0.1, -0.05) is 0 Å². The van der Waals surface area contributed by atoms with Crippen LogP contribution in [0.5, 0.6) is 0 Å². The van der Waals surface area contributed by atoms with Crippen molar-refractivity contribution < 1.29 is 18.4 Å². The van der Waals surface area contributed by atoms with Gasteiger partial charge in [0.25, 0.3) is 0 Å². The van der Waals surface area contributed by atoms with Gasteiger partial charge in [0.1, 0.15) is 0 Å². The summed E-state index contributed by atoms with van der Waals surface area (Å²) in [5, 5.41) is 9.18. The Bertz CT molecular complexity index is 176. The smallest absolute Gasteiger partial charge is 0.393 e. The van der Waals surface area contributed by atoms with Gasteiger partial charge in [0.15, 0.2) is 0 Å². The molecule has 0 spiro atoms. The Morgan fingerprint density at radius 2 is 1.56 bits per heavy atom. The van der Waals surface area contributed by atoms with E-state index in [2.05, 4.69) is 0 Å². The lowest BCUT2D eigenvalue weighted by Gasteiger charge is -2.28. The first-order valence-electron chi connectivity index (χ1n) is 6.77. The summed E-state index contributed by atoms with van der Waals surface area (Å²) in [6, 6.07) is 0.856. The van der Waals surface area contributed by atoms with Gasteiger partial charge in [0.2, 0.25) is 0 Å². The molecule has 4 nitrogen and oxygen atoms in total. The van der Waals surface area contributed by atoms with Crippen molar-refractivity contribution in [2.24, 2.45) is 0 Å². The lowest BCUT2D eigenvalue weighted by Crippen LogP contribution is -2.46. The van der Waals surface area contributed by atoms with Crippen LogP contribution in [0.2, 0.25) is 6.04 Å². The van der Waals surface area contributed by atoms with E-state index < -0.39 is 8.80 Å². The van der Waals surface area contributed by atoms with E-state index in [1.165, 1.54) is 0 Å². The Morgan fingerprint density at radius 1 is 1.06 bits per heavy atom. The molecule has 0 radical (unpaired) electrons. The van der Waals surface area contributed by atoms with E-state index >= 15 is 0 Å². The van der Waals surface area contributed by atoms with Crippen LogP contribution in [0.1, 0.15) is 34.1 Å². The molecule has 0 aliphatic carbocycles. The zero-order valence-electron chi connectivity index (χ0n) is 12.1. The van der Waals surface area contributed by atoms with Crippen LogP contribution in [0, 0.1) is 0 Å². The molecule has 1 N–H and O–H groups in total. The maximum Gasteiger partial charge on any atom is 0.500 e. The standard InChI is InChI=1S/C12H28O4SSi/c1-5-14-18(15-6-2,16-7-3)10-8-9-17-11-12(4)13/h12-13H,5-11H2,1-4H3. The second-order valence-corrected chi connectivity index (χ2v) is 7.89. The van der Waals surface area contributed by atoms with Gasteiger partial charge in [-0.15, -0.1) is 0 Å². The third kappa shape index (κ3) is 8.50. The molecule has 0 amide bonds. The summed E-state index contributed by atoms with van der Waals surface area (Å²) in [6.07, 6.45) is 0.770. The van der Waals surface area contributed by atoms with Crippen molar-refractivity contribution in [3.63, 3.8) is 0 Å². The predicted molar refractivity (Wildman–Crippen MR) is 79.1 cm³/mol. The van der Waals surface area contributed by atoms with E-state index in [4.69, 9.17) is 13.3 Å². The molecular formula is C12H28O4SSi. The van der Waals surface area contributed by atoms with Gasteiger partial charge < -0.3 is 18.4 Å². The van der Waals surface area contributed by atoms with Crippen LogP contribution < -0.4 is 0 Å². The fourth-order valence-electron chi connectivity index (χ4n) is 1.65. The lowest BCUT2D eigenvalue weighted by molar-refractivity contribution is 0.0712. The molecule has 6 heteroatoms. The molecule has 1 unspecified atom stereocenters. The number of hydrogen-bond acceptors (Lipinski definition) is 5. The van der Waals surface area contributed by atoms with E-state index in [1.807, 2.05) is 27.7 Å². The summed E-state index contributed by atoms with van der Waals surface area (Å²) in [7, 11) is -2.45. The molecule has 0 bridgehead atoms. The molecule has 0 saturated heterocycles. The van der Waals surface area contributed by atoms with Gasteiger partial charge in [-0.25, -0.2) is 0 Å². The van der Waals surface area contributed by atoms with Gasteiger partial charge in [-0.3, -0.25) is 0 Å². The highest BCUT2D eigenvalue weighted by Crippen LogP contribution is 2.20. The van der Waals surface area contributed by atoms with Crippen molar-refractivity contribution >= 4 is 20.6 Å². The van der Waals surface area contributed by atoms with Crippen molar-refractivity contribution in [2.45, 2.75) is 46.3 Å². The monoisotopic (exact) mass is 296 g/mol. The molecule has 0 aromatic rings. The highest BCUT2D eigenvalue weighted by atomic mass is 32.2. The molecular weight excluding hydrogens is 268 g/mol. The van der Waals surface area contributed by atoms with Gasteiger partial charge in [0.05, 0.1) is 6.10 Å². The molecule has 18 heavy (non-hydrogen) atoms. The molecule has 1 atom stereocenters. The van der Waals surface area contributed by atoms with Crippen LogP contribution in [0.15, 0.2) is 0 Å². The highest BCUT2D eigenvalue weighted by Gasteiger charge is 2.39. The zero-order valence-corrected chi connectivity index (χ0v) is 13.9. The summed E-state index contributed by atoms with van der Waals surface area (Å²) in [4.78, 5) is 0. The van der Waals surface area contributed by atoms with Crippen molar-refractivity contribution in [1.29, 1.82) is 0 Å². The fourth-order valence-corrected chi connectivity index (χ4v) is 5.37. The average Bonchev–Trinajstić information content (AvgIpc) is 2.29. The molecule has 0 aromatic heterocycles. The Morgan fingerprint density at radius 3 is 1.94 bits per heavy atom. The van der Waals surface area contributed by atoms with Crippen LogP contribution in [0.3, 0.4) is 0 Å². The molecule has 0 saturated carbocycles. The number of aliphatic hydroxyl groups excluding tert-OH is 1. The number of aliphatic hydroxyl groups is 1. The molecule has 0 aromatic carbocycles. The summed E-state index contributed by atoms with van der Waals surface area (Å²) < 4.78 is 17.3. The quantitative estimate of drug-likeness (QED) is 0.443. The van der Waals surface area contributed by atoms with Gasteiger partial charge in [-0.05, 0) is 39.9 Å². The normalized spacial score (nSPS) is 13.8. The van der Waals surface area contributed by atoms with Crippen LogP contribution in [-0.2, 0) is 13.3 Å². The number of rotatable bonds is 12. The van der Waals surface area contributed by atoms with Crippen LogP contribution >= 0.6 is 11.8 Å². The Kier molecular flexibility index (Phi) is 11.5. The van der Waals surface area contributed by atoms with Crippen LogP contribution in [-0.4, -0.2) is 51.3 Å². The lowest BCUT2D eigenvalue weighted by atomic mass is 10.5. The first kappa shape index (κ1) is 18.4. The van der Waals surface area contributed by atoms with Crippen LogP contribution in [0.25, 0.3) is 0 Å². The number of thioether (sulfide) groups is 1. The largest absolute Gasteiger partial charge is 0.500 e. The zero-order chi connectivity index (χ0) is 13.9. The third-order valence-electron chi connectivity index (χ3n) is 2.22. The summed E-state index contributed by atoms with van der Waals surface area (Å²) >= 11 is 1.76. The molecule has 0 heterocycles.